The number of fused-ring (bicyclic) bond motifs is 2. The van der Waals surface area contributed by atoms with E-state index in [9.17, 15) is 13.2 Å². The second-order valence-electron chi connectivity index (χ2n) is 7.35. The lowest BCUT2D eigenvalue weighted by Crippen LogP contribution is -2.37. The van der Waals surface area contributed by atoms with E-state index in [2.05, 4.69) is 4.99 Å². The summed E-state index contributed by atoms with van der Waals surface area (Å²) in [5, 5.41) is 0.484. The number of sulfone groups is 1. The molecule has 8 nitrogen and oxygen atoms in total. The standard InChI is InChI=1S/C18H20N2O6S2/c21-17(14-2-1-5-24-14)19-18-20(12-8-28(22,23)9-16(12)27-18)7-11-3-4-13-15(6-11)26-10-25-13/h3-4,6,12,14,16H,1-2,5,7-10H2/t12-,14+,16+/m1/s1. The van der Waals surface area contributed by atoms with Crippen molar-refractivity contribution in [1.82, 2.24) is 4.90 Å². The Kier molecular flexibility index (Phi) is 4.52. The minimum atomic E-state index is -3.08. The number of carbonyl (C=O) groups is 1. The number of carbonyl (C=O) groups excluding carboxylic acids is 1. The van der Waals surface area contributed by atoms with Gasteiger partial charge in [0.1, 0.15) is 6.10 Å². The summed E-state index contributed by atoms with van der Waals surface area (Å²) >= 11 is 1.39. The normalized spacial score (nSPS) is 31.5. The summed E-state index contributed by atoms with van der Waals surface area (Å²) in [4.78, 5) is 18.8. The number of rotatable bonds is 3. The molecule has 28 heavy (non-hydrogen) atoms. The van der Waals surface area contributed by atoms with E-state index in [1.165, 1.54) is 11.8 Å². The molecule has 0 unspecified atom stereocenters. The van der Waals surface area contributed by atoms with E-state index < -0.39 is 15.9 Å². The zero-order valence-corrected chi connectivity index (χ0v) is 16.7. The highest BCUT2D eigenvalue weighted by molar-refractivity contribution is 8.15. The van der Waals surface area contributed by atoms with Gasteiger partial charge in [0.25, 0.3) is 5.91 Å². The Balaban J connectivity index is 1.42. The van der Waals surface area contributed by atoms with Crippen molar-refractivity contribution in [3.05, 3.63) is 23.8 Å². The van der Waals surface area contributed by atoms with Crippen molar-refractivity contribution in [3.8, 4) is 11.5 Å². The Morgan fingerprint density at radius 1 is 1.25 bits per heavy atom. The monoisotopic (exact) mass is 424 g/mol. The molecule has 150 valence electrons. The first-order chi connectivity index (χ1) is 13.5. The number of benzene rings is 1. The fourth-order valence-corrected chi connectivity index (χ4v) is 7.95. The van der Waals surface area contributed by atoms with Gasteiger partial charge < -0.3 is 19.1 Å². The summed E-state index contributed by atoms with van der Waals surface area (Å²) < 4.78 is 40.5. The van der Waals surface area contributed by atoms with Crippen LogP contribution in [0.15, 0.2) is 23.2 Å². The summed E-state index contributed by atoms with van der Waals surface area (Å²) in [5.41, 5.74) is 0.951. The van der Waals surface area contributed by atoms with Crippen LogP contribution in [0.5, 0.6) is 11.5 Å². The molecule has 0 bridgehead atoms. The minimum absolute atomic E-state index is 0.0857. The minimum Gasteiger partial charge on any atom is -0.454 e. The van der Waals surface area contributed by atoms with Crippen molar-refractivity contribution in [2.24, 2.45) is 4.99 Å². The number of nitrogens with zero attached hydrogens (tertiary/aromatic N) is 2. The third-order valence-corrected chi connectivity index (χ3v) is 8.62. The van der Waals surface area contributed by atoms with Crippen LogP contribution in [0.3, 0.4) is 0 Å². The maximum atomic E-state index is 12.5. The number of amides is 1. The lowest BCUT2D eigenvalue weighted by Gasteiger charge is -2.24. The van der Waals surface area contributed by atoms with Gasteiger partial charge in [0.15, 0.2) is 26.5 Å². The Labute approximate surface area is 167 Å². The van der Waals surface area contributed by atoms with E-state index in [0.717, 1.165) is 12.0 Å². The van der Waals surface area contributed by atoms with E-state index in [0.29, 0.717) is 36.2 Å². The summed E-state index contributed by atoms with van der Waals surface area (Å²) in [7, 11) is -3.08. The first kappa shape index (κ1) is 18.3. The molecular formula is C18H20N2O6S2. The first-order valence-electron chi connectivity index (χ1n) is 9.25. The topological polar surface area (TPSA) is 94.5 Å². The van der Waals surface area contributed by atoms with Crippen molar-refractivity contribution >= 4 is 32.7 Å². The van der Waals surface area contributed by atoms with Gasteiger partial charge in [-0.25, -0.2) is 8.42 Å². The predicted octanol–water partition coefficient (Wildman–Crippen LogP) is 1.19. The summed E-state index contributed by atoms with van der Waals surface area (Å²) in [6.07, 6.45) is 1.06. The zero-order chi connectivity index (χ0) is 19.3. The second-order valence-corrected chi connectivity index (χ2v) is 10.7. The van der Waals surface area contributed by atoms with Crippen molar-refractivity contribution in [2.75, 3.05) is 24.9 Å². The highest BCUT2D eigenvalue weighted by Crippen LogP contribution is 2.40. The summed E-state index contributed by atoms with van der Waals surface area (Å²) in [6.45, 7) is 1.24. The SMILES string of the molecule is O=C(N=C1S[C@H]2CS(=O)(=O)C[C@H]2N1Cc1ccc2c(c1)OCO2)[C@@H]1CCCO1. The number of thioether (sulfide) groups is 1. The van der Waals surface area contributed by atoms with Gasteiger partial charge in [-0.1, -0.05) is 17.8 Å². The van der Waals surface area contributed by atoms with Crippen LogP contribution in [0.2, 0.25) is 0 Å². The molecule has 0 radical (unpaired) electrons. The van der Waals surface area contributed by atoms with Gasteiger partial charge in [-0.05, 0) is 30.5 Å². The molecule has 3 atom stereocenters. The van der Waals surface area contributed by atoms with Crippen LogP contribution >= 0.6 is 11.8 Å². The van der Waals surface area contributed by atoms with Crippen LogP contribution in [-0.2, 0) is 25.9 Å². The van der Waals surface area contributed by atoms with Gasteiger partial charge >= 0.3 is 0 Å². The second kappa shape index (κ2) is 6.93. The van der Waals surface area contributed by atoms with Crippen LogP contribution < -0.4 is 9.47 Å². The van der Waals surface area contributed by atoms with Crippen LogP contribution in [0.1, 0.15) is 18.4 Å². The molecule has 4 aliphatic rings. The molecule has 4 aliphatic heterocycles. The highest BCUT2D eigenvalue weighted by Gasteiger charge is 2.49. The van der Waals surface area contributed by atoms with Crippen LogP contribution in [0.4, 0.5) is 0 Å². The van der Waals surface area contributed by atoms with Crippen molar-refractivity contribution in [2.45, 2.75) is 36.8 Å². The molecule has 0 N–H and O–H groups in total. The zero-order valence-electron chi connectivity index (χ0n) is 15.1. The molecule has 5 rings (SSSR count). The van der Waals surface area contributed by atoms with Crippen molar-refractivity contribution in [3.63, 3.8) is 0 Å². The molecule has 4 heterocycles. The van der Waals surface area contributed by atoms with Gasteiger partial charge in [-0.2, -0.15) is 4.99 Å². The molecule has 0 aliphatic carbocycles. The van der Waals surface area contributed by atoms with Crippen LogP contribution in [0, 0.1) is 0 Å². The third kappa shape index (κ3) is 3.37. The van der Waals surface area contributed by atoms with Gasteiger partial charge in [-0.3, -0.25) is 4.79 Å². The number of hydrogen-bond donors (Lipinski definition) is 0. The van der Waals surface area contributed by atoms with Crippen LogP contribution in [-0.4, -0.2) is 66.7 Å². The van der Waals surface area contributed by atoms with E-state index in [1.807, 2.05) is 23.1 Å². The maximum Gasteiger partial charge on any atom is 0.277 e. The fourth-order valence-electron chi connectivity index (χ4n) is 4.00. The average Bonchev–Trinajstić information content (AvgIpc) is 3.41. The Morgan fingerprint density at radius 2 is 2.11 bits per heavy atom. The van der Waals surface area contributed by atoms with Gasteiger partial charge in [0.2, 0.25) is 6.79 Å². The smallest absolute Gasteiger partial charge is 0.277 e. The van der Waals surface area contributed by atoms with Gasteiger partial charge in [0, 0.05) is 18.4 Å². The van der Waals surface area contributed by atoms with E-state index in [1.54, 1.807) is 0 Å². The largest absolute Gasteiger partial charge is 0.454 e. The molecule has 1 aromatic carbocycles. The summed E-state index contributed by atoms with van der Waals surface area (Å²) in [6, 6.07) is 5.48. The van der Waals surface area contributed by atoms with Gasteiger partial charge in [0.05, 0.1) is 17.5 Å². The first-order valence-corrected chi connectivity index (χ1v) is 11.9. The quantitative estimate of drug-likeness (QED) is 0.714. The maximum absolute atomic E-state index is 12.5. The number of hydrogen-bond acceptors (Lipinski definition) is 7. The van der Waals surface area contributed by atoms with Crippen LogP contribution in [0.25, 0.3) is 0 Å². The number of amidine groups is 1. The Hall–Kier alpha value is -1.78. The Morgan fingerprint density at radius 3 is 2.93 bits per heavy atom. The molecule has 1 aromatic rings. The molecule has 10 heteroatoms. The molecule has 3 fully saturated rings. The van der Waals surface area contributed by atoms with E-state index >= 15 is 0 Å². The van der Waals surface area contributed by atoms with Crippen molar-refractivity contribution in [1.29, 1.82) is 0 Å². The lowest BCUT2D eigenvalue weighted by atomic mass is 10.1. The molecule has 0 aromatic heterocycles. The number of aliphatic imine (C=N–C) groups is 1. The lowest BCUT2D eigenvalue weighted by molar-refractivity contribution is -0.126. The summed E-state index contributed by atoms with van der Waals surface area (Å²) in [5.74, 6) is 1.30. The van der Waals surface area contributed by atoms with E-state index in [-0.39, 0.29) is 35.5 Å². The average molecular weight is 425 g/mol. The molecular weight excluding hydrogens is 404 g/mol. The molecule has 3 saturated heterocycles. The third-order valence-electron chi connectivity index (χ3n) is 5.38. The van der Waals surface area contributed by atoms with Gasteiger partial charge in [-0.15, -0.1) is 0 Å². The van der Waals surface area contributed by atoms with E-state index in [4.69, 9.17) is 14.2 Å². The fraction of sp³-hybridized carbons (Fsp3) is 0.556. The predicted molar refractivity (Wildman–Crippen MR) is 103 cm³/mol. The molecule has 1 amide bonds. The molecule has 0 saturated carbocycles. The molecule has 0 spiro atoms. The van der Waals surface area contributed by atoms with Crippen molar-refractivity contribution < 1.29 is 27.4 Å². The Bertz CT molecular complexity index is 941. The highest BCUT2D eigenvalue weighted by atomic mass is 32.2. The number of ether oxygens (including phenoxy) is 3.